The van der Waals surface area contributed by atoms with Gasteiger partial charge in [0.15, 0.2) is 0 Å². The van der Waals surface area contributed by atoms with Gasteiger partial charge in [-0.3, -0.25) is 9.69 Å². The third kappa shape index (κ3) is 5.22. The third-order valence-corrected chi connectivity index (χ3v) is 8.68. The van der Waals surface area contributed by atoms with Crippen LogP contribution in [0.2, 0.25) is 0 Å². The minimum absolute atomic E-state index is 0.0682. The molecule has 6 rings (SSSR count). The number of thiophene rings is 1. The maximum Gasteiger partial charge on any atom is 0.246 e. The molecule has 7 heteroatoms. The summed E-state index contributed by atoms with van der Waals surface area (Å²) in [6.45, 7) is 8.30. The molecule has 0 N–H and O–H groups in total. The summed E-state index contributed by atoms with van der Waals surface area (Å²) in [4.78, 5) is 32.5. The first kappa shape index (κ1) is 24.8. The highest BCUT2D eigenvalue weighted by Gasteiger charge is 2.28. The highest BCUT2D eigenvalue weighted by atomic mass is 32.1. The van der Waals surface area contributed by atoms with Crippen LogP contribution in [0.1, 0.15) is 34.3 Å². The summed E-state index contributed by atoms with van der Waals surface area (Å²) in [6.07, 6.45) is 5.35. The minimum Gasteiger partial charge on any atom is -0.352 e. The molecule has 194 valence electrons. The lowest BCUT2D eigenvalue weighted by atomic mass is 10.0. The first-order valence-corrected chi connectivity index (χ1v) is 14.3. The zero-order chi connectivity index (χ0) is 25.9. The van der Waals surface area contributed by atoms with Crippen molar-refractivity contribution in [3.05, 3.63) is 94.1 Å². The van der Waals surface area contributed by atoms with E-state index in [0.29, 0.717) is 13.1 Å². The minimum atomic E-state index is 0.0682. The summed E-state index contributed by atoms with van der Waals surface area (Å²) in [5.74, 6) is 1.99. The van der Waals surface area contributed by atoms with E-state index in [1.54, 1.807) is 6.08 Å². The summed E-state index contributed by atoms with van der Waals surface area (Å²) in [6, 6.07) is 20.4. The van der Waals surface area contributed by atoms with Crippen molar-refractivity contribution >= 4 is 39.4 Å². The van der Waals surface area contributed by atoms with Crippen molar-refractivity contribution in [3.63, 3.8) is 0 Å². The molecule has 6 nitrogen and oxygen atoms in total. The Morgan fingerprint density at radius 2 is 1.68 bits per heavy atom. The number of likely N-dealkylation sites (N-methyl/N-ethyl adjacent to an activating group) is 1. The van der Waals surface area contributed by atoms with Crippen molar-refractivity contribution in [1.82, 2.24) is 19.8 Å². The molecule has 2 aromatic carbocycles. The normalized spacial score (nSPS) is 16.3. The molecule has 4 aromatic rings. The number of hydrogen-bond acceptors (Lipinski definition) is 6. The summed E-state index contributed by atoms with van der Waals surface area (Å²) in [5, 5.41) is 1.24. The fourth-order valence-electron chi connectivity index (χ4n) is 5.40. The van der Waals surface area contributed by atoms with Crippen LogP contribution in [0.25, 0.3) is 16.3 Å². The molecule has 0 atom stereocenters. The van der Waals surface area contributed by atoms with Crippen LogP contribution in [0.3, 0.4) is 0 Å². The van der Waals surface area contributed by atoms with Gasteiger partial charge in [0.25, 0.3) is 0 Å². The third-order valence-electron chi connectivity index (χ3n) is 7.57. The van der Waals surface area contributed by atoms with Gasteiger partial charge in [0.05, 0.1) is 5.39 Å². The molecule has 0 bridgehead atoms. The molecule has 0 spiro atoms. The molecule has 0 unspecified atom stereocenters. The number of anilines is 1. The van der Waals surface area contributed by atoms with Crippen molar-refractivity contribution < 1.29 is 4.79 Å². The van der Waals surface area contributed by atoms with E-state index in [0.717, 1.165) is 67.6 Å². The predicted molar refractivity (Wildman–Crippen MR) is 156 cm³/mol. The fourth-order valence-corrected chi connectivity index (χ4v) is 6.68. The van der Waals surface area contributed by atoms with Gasteiger partial charge >= 0.3 is 0 Å². The van der Waals surface area contributed by atoms with Gasteiger partial charge in [-0.15, -0.1) is 11.3 Å². The van der Waals surface area contributed by atoms with E-state index in [1.165, 1.54) is 21.4 Å². The number of aromatic nitrogens is 2. The van der Waals surface area contributed by atoms with Crippen LogP contribution in [0, 0.1) is 0 Å². The lowest BCUT2D eigenvalue weighted by molar-refractivity contribution is -0.126. The highest BCUT2D eigenvalue weighted by molar-refractivity contribution is 7.19. The second-order valence-corrected chi connectivity index (χ2v) is 11.1. The maximum atomic E-state index is 12.9. The number of benzene rings is 2. The zero-order valence-electron chi connectivity index (χ0n) is 21.8. The van der Waals surface area contributed by atoms with Gasteiger partial charge in [0.2, 0.25) is 5.91 Å². The largest absolute Gasteiger partial charge is 0.352 e. The molecule has 38 heavy (non-hydrogen) atoms. The number of piperazine rings is 1. The number of carbonyl (C=O) groups is 1. The molecular weight excluding hydrogens is 490 g/mol. The van der Waals surface area contributed by atoms with Crippen LogP contribution in [-0.2, 0) is 24.2 Å². The Morgan fingerprint density at radius 3 is 2.42 bits per heavy atom. The van der Waals surface area contributed by atoms with Crippen LogP contribution in [-0.4, -0.2) is 64.9 Å². The summed E-state index contributed by atoms with van der Waals surface area (Å²) in [5.41, 5.74) is 3.69. The molecule has 2 aromatic heterocycles. The fraction of sp³-hybridized carbons (Fsp3) is 0.323. The average molecular weight is 524 g/mol. The Balaban J connectivity index is 1.26. The molecule has 0 aliphatic carbocycles. The van der Waals surface area contributed by atoms with Gasteiger partial charge in [-0.2, -0.15) is 0 Å². The van der Waals surface area contributed by atoms with Gasteiger partial charge < -0.3 is 9.80 Å². The monoisotopic (exact) mass is 523 g/mol. The summed E-state index contributed by atoms with van der Waals surface area (Å²) in [7, 11) is 0. The molecule has 4 heterocycles. The predicted octanol–water partition coefficient (Wildman–Crippen LogP) is 5.02. The first-order chi connectivity index (χ1) is 18.7. The number of fused-ring (bicyclic) bond motifs is 3. The molecule has 2 aliphatic heterocycles. The molecule has 1 fully saturated rings. The van der Waals surface area contributed by atoms with Gasteiger partial charge in [0.1, 0.15) is 16.5 Å². The molecule has 1 amide bonds. The number of amides is 1. The SMILES string of the molecule is CCN1CCc2c(sc3nc(Cc4ccccc4)nc(N4CCN(C(=O)/C=C/c5ccccc5)CC4)c23)C1. The van der Waals surface area contributed by atoms with E-state index in [-0.39, 0.29) is 5.91 Å². The van der Waals surface area contributed by atoms with E-state index in [1.807, 2.05) is 58.7 Å². The van der Waals surface area contributed by atoms with Gasteiger partial charge in [-0.25, -0.2) is 9.97 Å². The van der Waals surface area contributed by atoms with Crippen molar-refractivity contribution in [2.45, 2.75) is 26.3 Å². The lowest BCUT2D eigenvalue weighted by Gasteiger charge is -2.35. The quantitative estimate of drug-likeness (QED) is 0.332. The molecule has 0 saturated carbocycles. The second-order valence-electron chi connectivity index (χ2n) is 9.98. The van der Waals surface area contributed by atoms with Gasteiger partial charge in [-0.1, -0.05) is 67.6 Å². The van der Waals surface area contributed by atoms with Crippen molar-refractivity contribution in [1.29, 1.82) is 0 Å². The van der Waals surface area contributed by atoms with E-state index < -0.39 is 0 Å². The summed E-state index contributed by atoms with van der Waals surface area (Å²) < 4.78 is 0. The Bertz CT molecular complexity index is 1440. The van der Waals surface area contributed by atoms with Crippen LogP contribution < -0.4 is 4.90 Å². The van der Waals surface area contributed by atoms with Crippen LogP contribution >= 0.6 is 11.3 Å². The van der Waals surface area contributed by atoms with Crippen molar-refractivity contribution in [3.8, 4) is 0 Å². The topological polar surface area (TPSA) is 52.6 Å². The average Bonchev–Trinajstić information content (AvgIpc) is 3.34. The van der Waals surface area contributed by atoms with Crippen LogP contribution in [0.5, 0.6) is 0 Å². The Labute approximate surface area is 228 Å². The van der Waals surface area contributed by atoms with Crippen molar-refractivity contribution in [2.24, 2.45) is 0 Å². The second kappa shape index (κ2) is 11.1. The lowest BCUT2D eigenvalue weighted by Crippen LogP contribution is -2.48. The van der Waals surface area contributed by atoms with Crippen molar-refractivity contribution in [2.75, 3.05) is 44.2 Å². The smallest absolute Gasteiger partial charge is 0.246 e. The van der Waals surface area contributed by atoms with E-state index in [4.69, 9.17) is 9.97 Å². The maximum absolute atomic E-state index is 12.9. The standard InChI is InChI=1S/C31H33N5OS/c1-2-34-16-15-25-26(22-34)38-31-29(25)30(32-27(33-31)21-24-11-7-4-8-12-24)36-19-17-35(18-20-36)28(37)14-13-23-9-5-3-6-10-23/h3-14H,2,15-22H2,1H3/b14-13+. The zero-order valence-corrected chi connectivity index (χ0v) is 22.7. The highest BCUT2D eigenvalue weighted by Crippen LogP contribution is 2.39. The molecule has 0 radical (unpaired) electrons. The van der Waals surface area contributed by atoms with Crippen LogP contribution in [0.15, 0.2) is 66.7 Å². The molecule has 1 saturated heterocycles. The number of nitrogens with zero attached hydrogens (tertiary/aromatic N) is 5. The van der Waals surface area contributed by atoms with Gasteiger partial charge in [-0.05, 0) is 35.7 Å². The van der Waals surface area contributed by atoms with Crippen LogP contribution in [0.4, 0.5) is 5.82 Å². The molecule has 2 aliphatic rings. The first-order valence-electron chi connectivity index (χ1n) is 13.5. The Hall–Kier alpha value is -3.55. The Morgan fingerprint density at radius 1 is 0.947 bits per heavy atom. The number of carbonyl (C=O) groups excluding carboxylic acids is 1. The van der Waals surface area contributed by atoms with Gasteiger partial charge in [0, 0.05) is 56.6 Å². The summed E-state index contributed by atoms with van der Waals surface area (Å²) >= 11 is 1.84. The number of hydrogen-bond donors (Lipinski definition) is 0. The van der Waals surface area contributed by atoms with E-state index in [2.05, 4.69) is 41.0 Å². The Kier molecular flexibility index (Phi) is 7.20. The molecular formula is C31H33N5OS. The van der Waals surface area contributed by atoms with E-state index >= 15 is 0 Å². The van der Waals surface area contributed by atoms with E-state index in [9.17, 15) is 4.79 Å². The number of rotatable bonds is 6.